The number of amides is 1. The lowest BCUT2D eigenvalue weighted by Crippen LogP contribution is -2.26. The van der Waals surface area contributed by atoms with Crippen LogP contribution >= 0.6 is 23.1 Å². The monoisotopic (exact) mass is 497 g/mol. The van der Waals surface area contributed by atoms with E-state index in [1.165, 1.54) is 40.2 Å². The second-order valence-electron chi connectivity index (χ2n) is 7.73. The first-order valence-corrected chi connectivity index (χ1v) is 12.3. The molecule has 34 heavy (non-hydrogen) atoms. The zero-order chi connectivity index (χ0) is 23.8. The highest BCUT2D eigenvalue weighted by Gasteiger charge is 2.19. The lowest BCUT2D eigenvalue weighted by Gasteiger charge is -2.12. The summed E-state index contributed by atoms with van der Waals surface area (Å²) in [5, 5.41) is 3.80. The Labute approximate surface area is 202 Å². The van der Waals surface area contributed by atoms with Gasteiger partial charge < -0.3 is 14.8 Å². The molecule has 1 N–H and O–H groups in total. The Hall–Kier alpha value is -3.37. The Balaban J connectivity index is 1.38. The van der Waals surface area contributed by atoms with E-state index in [-0.39, 0.29) is 24.0 Å². The second-order valence-corrected chi connectivity index (χ2v) is 9.87. The Bertz CT molecular complexity index is 1460. The first-order valence-electron chi connectivity index (χ1n) is 10.5. The molecule has 174 valence electrons. The standard InChI is InChI=1S/C24H20FN3O4S2/c1-13-14(2)34-22-21(13)23(30)28(17-6-4-16(25)5-7-17)24(27-22)33-11-20(29)26-10-15-3-8-18-19(9-15)32-12-31-18/h3-9H,10-12H2,1-2H3,(H,26,29). The third kappa shape index (κ3) is 4.26. The van der Waals surface area contributed by atoms with Crippen LogP contribution in [0.4, 0.5) is 4.39 Å². The minimum Gasteiger partial charge on any atom is -0.454 e. The van der Waals surface area contributed by atoms with Crippen LogP contribution in [0.5, 0.6) is 11.5 Å². The number of hydrogen-bond acceptors (Lipinski definition) is 7. The van der Waals surface area contributed by atoms with E-state index < -0.39 is 5.82 Å². The molecule has 3 heterocycles. The number of halogens is 1. The summed E-state index contributed by atoms with van der Waals surface area (Å²) in [6, 6.07) is 11.2. The first-order chi connectivity index (χ1) is 16.4. The van der Waals surface area contributed by atoms with Crippen molar-refractivity contribution in [2.24, 2.45) is 0 Å². The van der Waals surface area contributed by atoms with E-state index >= 15 is 0 Å². The highest BCUT2D eigenvalue weighted by Crippen LogP contribution is 2.32. The van der Waals surface area contributed by atoms with Crippen LogP contribution in [-0.2, 0) is 11.3 Å². The number of thiophene rings is 1. The van der Waals surface area contributed by atoms with Gasteiger partial charge >= 0.3 is 0 Å². The molecule has 0 aliphatic carbocycles. The van der Waals surface area contributed by atoms with Gasteiger partial charge in [0.25, 0.3) is 5.56 Å². The van der Waals surface area contributed by atoms with Gasteiger partial charge in [0.2, 0.25) is 12.7 Å². The SMILES string of the molecule is Cc1sc2nc(SCC(=O)NCc3ccc4c(c3)OCO4)n(-c3ccc(F)cc3)c(=O)c2c1C. The summed E-state index contributed by atoms with van der Waals surface area (Å²) in [7, 11) is 0. The lowest BCUT2D eigenvalue weighted by molar-refractivity contribution is -0.118. The molecule has 10 heteroatoms. The summed E-state index contributed by atoms with van der Waals surface area (Å²) in [5.41, 5.74) is 2.02. The van der Waals surface area contributed by atoms with Gasteiger partial charge in [0, 0.05) is 11.4 Å². The number of nitrogens with zero attached hydrogens (tertiary/aromatic N) is 2. The number of carbonyl (C=O) groups excluding carboxylic acids is 1. The predicted molar refractivity (Wildman–Crippen MR) is 130 cm³/mol. The molecule has 0 atom stereocenters. The summed E-state index contributed by atoms with van der Waals surface area (Å²) in [4.78, 5) is 32.3. The van der Waals surface area contributed by atoms with Crippen molar-refractivity contribution in [2.75, 3.05) is 12.5 Å². The zero-order valence-corrected chi connectivity index (χ0v) is 20.0. The van der Waals surface area contributed by atoms with Gasteiger partial charge in [-0.05, 0) is 61.4 Å². The number of aromatic nitrogens is 2. The highest BCUT2D eigenvalue weighted by atomic mass is 32.2. The van der Waals surface area contributed by atoms with E-state index in [0.717, 1.165) is 27.8 Å². The van der Waals surface area contributed by atoms with E-state index in [0.29, 0.717) is 39.1 Å². The van der Waals surface area contributed by atoms with Gasteiger partial charge in [0.05, 0.1) is 16.8 Å². The molecule has 5 rings (SSSR count). The zero-order valence-electron chi connectivity index (χ0n) is 18.4. The minimum atomic E-state index is -0.398. The van der Waals surface area contributed by atoms with E-state index in [1.807, 2.05) is 32.0 Å². The third-order valence-electron chi connectivity index (χ3n) is 5.52. The summed E-state index contributed by atoms with van der Waals surface area (Å²) in [6.45, 7) is 4.36. The van der Waals surface area contributed by atoms with Crippen molar-refractivity contribution < 1.29 is 18.7 Å². The smallest absolute Gasteiger partial charge is 0.267 e. The van der Waals surface area contributed by atoms with Gasteiger partial charge in [-0.15, -0.1) is 11.3 Å². The van der Waals surface area contributed by atoms with E-state index in [1.54, 1.807) is 0 Å². The molecular formula is C24H20FN3O4S2. The van der Waals surface area contributed by atoms with Gasteiger partial charge in [-0.25, -0.2) is 9.37 Å². The van der Waals surface area contributed by atoms with Crippen molar-refractivity contribution >= 4 is 39.2 Å². The highest BCUT2D eigenvalue weighted by molar-refractivity contribution is 7.99. The van der Waals surface area contributed by atoms with Crippen molar-refractivity contribution in [3.63, 3.8) is 0 Å². The number of carbonyl (C=O) groups is 1. The number of ether oxygens (including phenoxy) is 2. The molecule has 1 aliphatic rings. The largest absolute Gasteiger partial charge is 0.454 e. The van der Waals surface area contributed by atoms with Crippen molar-refractivity contribution in [1.29, 1.82) is 0 Å². The quantitative estimate of drug-likeness (QED) is 0.315. The molecular weight excluding hydrogens is 477 g/mol. The molecule has 0 radical (unpaired) electrons. The summed E-state index contributed by atoms with van der Waals surface area (Å²) < 4.78 is 25.6. The fourth-order valence-corrected chi connectivity index (χ4v) is 5.54. The van der Waals surface area contributed by atoms with Crippen LogP contribution in [0.1, 0.15) is 16.0 Å². The van der Waals surface area contributed by atoms with Crippen LogP contribution < -0.4 is 20.3 Å². The molecule has 0 unspecified atom stereocenters. The van der Waals surface area contributed by atoms with Crippen LogP contribution in [0.3, 0.4) is 0 Å². The molecule has 1 aliphatic heterocycles. The number of rotatable bonds is 6. The molecule has 7 nitrogen and oxygen atoms in total. The number of nitrogens with one attached hydrogen (secondary N) is 1. The fourth-order valence-electron chi connectivity index (χ4n) is 3.62. The van der Waals surface area contributed by atoms with Crippen LogP contribution in [0.25, 0.3) is 15.9 Å². The second kappa shape index (κ2) is 9.11. The Kier molecular flexibility index (Phi) is 6.01. The molecule has 4 aromatic rings. The number of thioether (sulfide) groups is 1. The normalized spacial score (nSPS) is 12.3. The summed E-state index contributed by atoms with van der Waals surface area (Å²) >= 11 is 2.61. The molecule has 0 spiro atoms. The molecule has 0 fully saturated rings. The molecule has 0 saturated heterocycles. The van der Waals surface area contributed by atoms with Crippen LogP contribution in [-0.4, -0.2) is 28.0 Å². The maximum absolute atomic E-state index is 13.5. The molecule has 1 amide bonds. The number of fused-ring (bicyclic) bond motifs is 2. The van der Waals surface area contributed by atoms with E-state index in [2.05, 4.69) is 10.3 Å². The first kappa shape index (κ1) is 22.4. The maximum Gasteiger partial charge on any atom is 0.267 e. The molecule has 2 aromatic carbocycles. The number of benzene rings is 2. The van der Waals surface area contributed by atoms with Gasteiger partial charge in [-0.3, -0.25) is 14.2 Å². The van der Waals surface area contributed by atoms with Gasteiger partial charge in [0.15, 0.2) is 16.7 Å². The van der Waals surface area contributed by atoms with Crippen molar-refractivity contribution in [3.05, 3.63) is 74.6 Å². The number of hydrogen-bond donors (Lipinski definition) is 1. The summed E-state index contributed by atoms with van der Waals surface area (Å²) in [6.07, 6.45) is 0. The Morgan fingerprint density at radius 2 is 1.94 bits per heavy atom. The Morgan fingerprint density at radius 1 is 1.18 bits per heavy atom. The van der Waals surface area contributed by atoms with Crippen molar-refractivity contribution in [2.45, 2.75) is 25.5 Å². The molecule has 2 aromatic heterocycles. The van der Waals surface area contributed by atoms with Gasteiger partial charge in [-0.1, -0.05) is 17.8 Å². The fraction of sp³-hybridized carbons (Fsp3) is 0.208. The van der Waals surface area contributed by atoms with Crippen molar-refractivity contribution in [3.8, 4) is 17.2 Å². The number of aryl methyl sites for hydroxylation is 2. The predicted octanol–water partition coefficient (Wildman–Crippen LogP) is 4.34. The van der Waals surface area contributed by atoms with Crippen molar-refractivity contribution in [1.82, 2.24) is 14.9 Å². The minimum absolute atomic E-state index is 0.0625. The van der Waals surface area contributed by atoms with Crippen LogP contribution in [0.2, 0.25) is 0 Å². The average Bonchev–Trinajstić information content (AvgIpc) is 3.40. The third-order valence-corrected chi connectivity index (χ3v) is 7.56. The topological polar surface area (TPSA) is 82.4 Å². The summed E-state index contributed by atoms with van der Waals surface area (Å²) in [5.74, 6) is 0.799. The van der Waals surface area contributed by atoms with Crippen LogP contribution in [0, 0.1) is 19.7 Å². The van der Waals surface area contributed by atoms with E-state index in [4.69, 9.17) is 9.47 Å². The molecule has 0 saturated carbocycles. The Morgan fingerprint density at radius 3 is 2.74 bits per heavy atom. The van der Waals surface area contributed by atoms with Gasteiger partial charge in [0.1, 0.15) is 10.6 Å². The van der Waals surface area contributed by atoms with Gasteiger partial charge in [-0.2, -0.15) is 0 Å². The van der Waals surface area contributed by atoms with E-state index in [9.17, 15) is 14.0 Å². The average molecular weight is 498 g/mol. The molecule has 0 bridgehead atoms. The maximum atomic E-state index is 13.5. The van der Waals surface area contributed by atoms with Crippen LogP contribution in [0.15, 0.2) is 52.4 Å². The lowest BCUT2D eigenvalue weighted by atomic mass is 10.2.